The van der Waals surface area contributed by atoms with Gasteiger partial charge in [-0.25, -0.2) is 0 Å². The summed E-state index contributed by atoms with van der Waals surface area (Å²) in [6.45, 7) is 7.27. The van der Waals surface area contributed by atoms with Crippen molar-refractivity contribution in [2.75, 3.05) is 6.61 Å². The Kier molecular flexibility index (Phi) is 19.7. The van der Waals surface area contributed by atoms with E-state index in [9.17, 15) is 9.90 Å². The molecule has 0 saturated heterocycles. The van der Waals surface area contributed by atoms with Crippen LogP contribution >= 0.6 is 0 Å². The van der Waals surface area contributed by atoms with Crippen molar-refractivity contribution < 1.29 is 14.6 Å². The molecule has 162 valence electrons. The fourth-order valence-electron chi connectivity index (χ4n) is 3.56. The minimum atomic E-state index is -0.195. The number of hydrogen-bond donors (Lipinski definition) is 1. The van der Waals surface area contributed by atoms with Gasteiger partial charge in [0, 0.05) is 6.42 Å². The molecule has 0 aromatic rings. The van der Waals surface area contributed by atoms with Crippen LogP contribution in [0.4, 0.5) is 0 Å². The first-order chi connectivity index (χ1) is 13.1. The van der Waals surface area contributed by atoms with Crippen molar-refractivity contribution in [1.29, 1.82) is 0 Å². The molecular weight excluding hydrogens is 336 g/mol. The van der Waals surface area contributed by atoms with E-state index in [2.05, 4.69) is 20.8 Å². The Morgan fingerprint density at radius 1 is 0.704 bits per heavy atom. The highest BCUT2D eigenvalue weighted by atomic mass is 16.5. The second-order valence-electron chi connectivity index (χ2n) is 8.29. The zero-order chi connectivity index (χ0) is 20.2. The molecule has 1 N–H and O–H groups in total. The van der Waals surface area contributed by atoms with E-state index >= 15 is 0 Å². The Morgan fingerprint density at radius 3 is 1.74 bits per heavy atom. The van der Waals surface area contributed by atoms with Gasteiger partial charge in [0.05, 0.1) is 12.7 Å². The van der Waals surface area contributed by atoms with Crippen molar-refractivity contribution >= 4 is 5.97 Å². The minimum absolute atomic E-state index is 0.0524. The monoisotopic (exact) mass is 384 g/mol. The summed E-state index contributed by atoms with van der Waals surface area (Å²) in [5.74, 6) is 0.486. The standard InChI is InChI=1S/C24H48O3/c1-4-7-10-13-18-23(25)19-14-15-20-24(26)27-21-22(16-11-8-5-2)17-12-9-6-3/h22-23,25H,4-21H2,1-3H3. The van der Waals surface area contributed by atoms with Crippen LogP contribution in [0.3, 0.4) is 0 Å². The van der Waals surface area contributed by atoms with Crippen LogP contribution in [-0.4, -0.2) is 23.8 Å². The average molecular weight is 385 g/mol. The maximum atomic E-state index is 12.0. The van der Waals surface area contributed by atoms with Crippen LogP contribution in [0.1, 0.15) is 130 Å². The summed E-state index contributed by atoms with van der Waals surface area (Å²) in [6.07, 6.45) is 18.5. The summed E-state index contributed by atoms with van der Waals surface area (Å²) in [7, 11) is 0. The highest BCUT2D eigenvalue weighted by molar-refractivity contribution is 5.69. The Labute approximate surface area is 169 Å². The third kappa shape index (κ3) is 18.6. The molecule has 0 aliphatic rings. The van der Waals surface area contributed by atoms with Crippen molar-refractivity contribution in [1.82, 2.24) is 0 Å². The SMILES string of the molecule is CCCCCCC(O)CCCCC(=O)OCC(CCCCC)CCCCC. The van der Waals surface area contributed by atoms with Crippen molar-refractivity contribution in [3.05, 3.63) is 0 Å². The largest absolute Gasteiger partial charge is 0.465 e. The van der Waals surface area contributed by atoms with E-state index in [0.717, 1.165) is 32.1 Å². The predicted octanol–water partition coefficient (Wildman–Crippen LogP) is 7.20. The third-order valence-corrected chi connectivity index (χ3v) is 5.47. The molecule has 0 bridgehead atoms. The highest BCUT2D eigenvalue weighted by Gasteiger charge is 2.12. The molecule has 27 heavy (non-hydrogen) atoms. The lowest BCUT2D eigenvalue weighted by Gasteiger charge is -2.17. The molecule has 1 unspecified atom stereocenters. The van der Waals surface area contributed by atoms with E-state index < -0.39 is 0 Å². The molecule has 0 fully saturated rings. The molecular formula is C24H48O3. The molecule has 0 aromatic heterocycles. The van der Waals surface area contributed by atoms with E-state index in [1.165, 1.54) is 70.6 Å². The number of carbonyl (C=O) groups excluding carboxylic acids is 1. The summed E-state index contributed by atoms with van der Waals surface area (Å²) in [5, 5.41) is 9.98. The summed E-state index contributed by atoms with van der Waals surface area (Å²) >= 11 is 0. The van der Waals surface area contributed by atoms with Crippen molar-refractivity contribution in [3.63, 3.8) is 0 Å². The molecule has 1 atom stereocenters. The number of aliphatic hydroxyl groups excluding tert-OH is 1. The fraction of sp³-hybridized carbons (Fsp3) is 0.958. The van der Waals surface area contributed by atoms with Crippen LogP contribution in [0.15, 0.2) is 0 Å². The molecule has 0 rings (SSSR count). The van der Waals surface area contributed by atoms with Gasteiger partial charge in [-0.15, -0.1) is 0 Å². The summed E-state index contributed by atoms with van der Waals surface area (Å²) in [6, 6.07) is 0. The van der Waals surface area contributed by atoms with Gasteiger partial charge in [0.25, 0.3) is 0 Å². The Hall–Kier alpha value is -0.570. The number of carbonyl (C=O) groups is 1. The van der Waals surface area contributed by atoms with Gasteiger partial charge in [0.15, 0.2) is 0 Å². The van der Waals surface area contributed by atoms with Gasteiger partial charge in [-0.05, 0) is 38.0 Å². The normalized spacial score (nSPS) is 12.5. The topological polar surface area (TPSA) is 46.5 Å². The van der Waals surface area contributed by atoms with E-state index in [1.54, 1.807) is 0 Å². The summed E-state index contributed by atoms with van der Waals surface area (Å²) in [5.41, 5.74) is 0. The molecule has 0 heterocycles. The molecule has 0 aliphatic heterocycles. The highest BCUT2D eigenvalue weighted by Crippen LogP contribution is 2.19. The lowest BCUT2D eigenvalue weighted by Crippen LogP contribution is -2.15. The quantitative estimate of drug-likeness (QED) is 0.178. The second kappa shape index (κ2) is 20.2. The van der Waals surface area contributed by atoms with Crippen molar-refractivity contribution in [2.24, 2.45) is 5.92 Å². The number of unbranched alkanes of at least 4 members (excludes halogenated alkanes) is 8. The lowest BCUT2D eigenvalue weighted by atomic mass is 9.96. The third-order valence-electron chi connectivity index (χ3n) is 5.47. The number of rotatable bonds is 20. The van der Waals surface area contributed by atoms with Gasteiger partial charge < -0.3 is 9.84 Å². The molecule has 0 aromatic carbocycles. The summed E-state index contributed by atoms with van der Waals surface area (Å²) in [4.78, 5) is 12.0. The van der Waals surface area contributed by atoms with E-state index in [4.69, 9.17) is 4.74 Å². The minimum Gasteiger partial charge on any atom is -0.465 e. The lowest BCUT2D eigenvalue weighted by molar-refractivity contribution is -0.145. The Balaban J connectivity index is 3.79. The molecule has 0 saturated carbocycles. The van der Waals surface area contributed by atoms with Crippen LogP contribution in [-0.2, 0) is 9.53 Å². The number of esters is 1. The van der Waals surface area contributed by atoms with Crippen LogP contribution in [0, 0.1) is 5.92 Å². The van der Waals surface area contributed by atoms with Gasteiger partial charge in [-0.1, -0.05) is 91.4 Å². The maximum absolute atomic E-state index is 12.0. The van der Waals surface area contributed by atoms with Gasteiger partial charge in [0.1, 0.15) is 0 Å². The first kappa shape index (κ1) is 26.4. The Bertz CT molecular complexity index is 307. The first-order valence-electron chi connectivity index (χ1n) is 12.0. The van der Waals surface area contributed by atoms with E-state index in [0.29, 0.717) is 18.9 Å². The number of aliphatic hydroxyl groups is 1. The average Bonchev–Trinajstić information content (AvgIpc) is 2.66. The van der Waals surface area contributed by atoms with Crippen molar-refractivity contribution in [2.45, 2.75) is 136 Å². The van der Waals surface area contributed by atoms with Crippen LogP contribution in [0.5, 0.6) is 0 Å². The number of ether oxygens (including phenoxy) is 1. The van der Waals surface area contributed by atoms with Crippen LogP contribution in [0.2, 0.25) is 0 Å². The molecule has 0 aliphatic carbocycles. The number of hydrogen-bond acceptors (Lipinski definition) is 3. The smallest absolute Gasteiger partial charge is 0.305 e. The molecule has 0 amide bonds. The van der Waals surface area contributed by atoms with Crippen molar-refractivity contribution in [3.8, 4) is 0 Å². The zero-order valence-corrected chi connectivity index (χ0v) is 18.6. The summed E-state index contributed by atoms with van der Waals surface area (Å²) < 4.78 is 5.56. The second-order valence-corrected chi connectivity index (χ2v) is 8.29. The molecule has 0 spiro atoms. The van der Waals surface area contributed by atoms with E-state index in [-0.39, 0.29) is 12.1 Å². The molecule has 3 heteroatoms. The Morgan fingerprint density at radius 2 is 1.19 bits per heavy atom. The molecule has 3 nitrogen and oxygen atoms in total. The fourth-order valence-corrected chi connectivity index (χ4v) is 3.56. The molecule has 0 radical (unpaired) electrons. The van der Waals surface area contributed by atoms with Gasteiger partial charge >= 0.3 is 5.97 Å². The van der Waals surface area contributed by atoms with Gasteiger partial charge in [-0.2, -0.15) is 0 Å². The van der Waals surface area contributed by atoms with Crippen LogP contribution in [0.25, 0.3) is 0 Å². The maximum Gasteiger partial charge on any atom is 0.305 e. The predicted molar refractivity (Wildman–Crippen MR) is 116 cm³/mol. The first-order valence-corrected chi connectivity index (χ1v) is 12.0. The van der Waals surface area contributed by atoms with E-state index in [1.807, 2.05) is 0 Å². The van der Waals surface area contributed by atoms with Gasteiger partial charge in [-0.3, -0.25) is 4.79 Å². The van der Waals surface area contributed by atoms with Gasteiger partial charge in [0.2, 0.25) is 0 Å². The zero-order valence-electron chi connectivity index (χ0n) is 18.6. The van der Waals surface area contributed by atoms with Crippen LogP contribution < -0.4 is 0 Å².